The molecular formula is C12H21NS2. The van der Waals surface area contributed by atoms with Crippen LogP contribution in [0.4, 0.5) is 0 Å². The summed E-state index contributed by atoms with van der Waals surface area (Å²) in [6.07, 6.45) is 3.33. The normalized spacial score (nSPS) is 15.1. The van der Waals surface area contributed by atoms with Crippen molar-refractivity contribution in [3.8, 4) is 0 Å². The van der Waals surface area contributed by atoms with Crippen molar-refractivity contribution in [2.24, 2.45) is 5.92 Å². The minimum atomic E-state index is 0.591. The van der Waals surface area contributed by atoms with Crippen molar-refractivity contribution < 1.29 is 0 Å². The van der Waals surface area contributed by atoms with Crippen LogP contribution in [-0.2, 0) is 6.42 Å². The van der Waals surface area contributed by atoms with Crippen LogP contribution in [0.5, 0.6) is 0 Å². The molecule has 0 aliphatic heterocycles. The topological polar surface area (TPSA) is 12.0 Å². The highest BCUT2D eigenvalue weighted by Gasteiger charge is 2.06. The zero-order valence-electron chi connectivity index (χ0n) is 9.82. The molecule has 1 rings (SSSR count). The third-order valence-electron chi connectivity index (χ3n) is 2.35. The molecule has 2 atom stereocenters. The highest BCUT2D eigenvalue weighted by Crippen LogP contribution is 2.11. The number of thiophene rings is 1. The molecule has 0 bridgehead atoms. The fourth-order valence-electron chi connectivity index (χ4n) is 1.55. The van der Waals surface area contributed by atoms with Gasteiger partial charge in [0, 0.05) is 10.9 Å². The molecule has 0 aromatic carbocycles. The summed E-state index contributed by atoms with van der Waals surface area (Å²) in [5, 5.41) is 5.75. The minimum absolute atomic E-state index is 0.591. The molecule has 1 aromatic rings. The van der Waals surface area contributed by atoms with Crippen LogP contribution in [0.1, 0.15) is 18.7 Å². The smallest absolute Gasteiger partial charge is 0.00871 e. The molecule has 2 unspecified atom stereocenters. The Morgan fingerprint density at radius 3 is 2.87 bits per heavy atom. The van der Waals surface area contributed by atoms with E-state index in [1.165, 1.54) is 10.6 Å². The van der Waals surface area contributed by atoms with E-state index in [-0.39, 0.29) is 0 Å². The summed E-state index contributed by atoms with van der Waals surface area (Å²) in [4.78, 5) is 1.48. The van der Waals surface area contributed by atoms with Crippen LogP contribution < -0.4 is 5.32 Å². The first kappa shape index (κ1) is 13.1. The molecule has 1 heterocycles. The van der Waals surface area contributed by atoms with E-state index in [1.807, 2.05) is 23.1 Å². The van der Waals surface area contributed by atoms with Crippen molar-refractivity contribution in [1.29, 1.82) is 0 Å². The Balaban J connectivity index is 2.16. The van der Waals surface area contributed by atoms with E-state index in [0.29, 0.717) is 6.04 Å². The first-order chi connectivity index (χ1) is 7.22. The molecule has 1 N–H and O–H groups in total. The van der Waals surface area contributed by atoms with Crippen molar-refractivity contribution in [2.75, 3.05) is 18.6 Å². The summed E-state index contributed by atoms with van der Waals surface area (Å²) < 4.78 is 0. The maximum atomic E-state index is 3.60. The van der Waals surface area contributed by atoms with Crippen LogP contribution in [-0.4, -0.2) is 24.6 Å². The largest absolute Gasteiger partial charge is 0.314 e. The lowest BCUT2D eigenvalue weighted by Gasteiger charge is -2.16. The van der Waals surface area contributed by atoms with Gasteiger partial charge in [0.15, 0.2) is 0 Å². The van der Waals surface area contributed by atoms with Gasteiger partial charge in [-0.3, -0.25) is 0 Å². The molecule has 0 saturated heterocycles. The van der Waals surface area contributed by atoms with E-state index in [4.69, 9.17) is 0 Å². The average molecular weight is 243 g/mol. The van der Waals surface area contributed by atoms with Gasteiger partial charge in [-0.05, 0) is 49.3 Å². The predicted molar refractivity (Wildman–Crippen MR) is 73.0 cm³/mol. The summed E-state index contributed by atoms with van der Waals surface area (Å²) in [5.41, 5.74) is 0. The maximum Gasteiger partial charge on any atom is 0.00871 e. The van der Waals surface area contributed by atoms with Crippen molar-refractivity contribution in [2.45, 2.75) is 26.3 Å². The number of nitrogens with one attached hydrogen (secondary N) is 1. The molecular weight excluding hydrogens is 222 g/mol. The lowest BCUT2D eigenvalue weighted by atomic mass is 10.1. The monoisotopic (exact) mass is 243 g/mol. The Labute approximate surface area is 102 Å². The molecule has 0 saturated carbocycles. The van der Waals surface area contributed by atoms with Crippen molar-refractivity contribution in [3.63, 3.8) is 0 Å². The molecule has 0 fully saturated rings. The third-order valence-corrected chi connectivity index (χ3v) is 4.15. The van der Waals surface area contributed by atoms with E-state index >= 15 is 0 Å². The fraction of sp³-hybridized carbons (Fsp3) is 0.667. The van der Waals surface area contributed by atoms with E-state index < -0.39 is 0 Å². The standard InChI is InChI=1S/C12H21NS2/c1-10(9-14-3)8-13-11(2)7-12-5-4-6-15-12/h4-6,10-11,13H,7-9H2,1-3H3. The predicted octanol–water partition coefficient (Wildman–Crippen LogP) is 3.27. The third kappa shape index (κ3) is 5.59. The lowest BCUT2D eigenvalue weighted by Crippen LogP contribution is -2.32. The quantitative estimate of drug-likeness (QED) is 0.789. The summed E-state index contributed by atoms with van der Waals surface area (Å²) >= 11 is 3.78. The molecule has 0 aliphatic carbocycles. The number of hydrogen-bond donors (Lipinski definition) is 1. The fourth-order valence-corrected chi connectivity index (χ4v) is 3.07. The number of thioether (sulfide) groups is 1. The average Bonchev–Trinajstić information content (AvgIpc) is 2.68. The van der Waals surface area contributed by atoms with Gasteiger partial charge in [-0.25, -0.2) is 0 Å². The number of hydrogen-bond acceptors (Lipinski definition) is 3. The van der Waals surface area contributed by atoms with Gasteiger partial charge in [-0.15, -0.1) is 11.3 Å². The summed E-state index contributed by atoms with van der Waals surface area (Å²) in [6.45, 7) is 5.71. The summed E-state index contributed by atoms with van der Waals surface area (Å²) in [5.74, 6) is 2.02. The molecule has 0 radical (unpaired) electrons. The highest BCUT2D eigenvalue weighted by atomic mass is 32.2. The highest BCUT2D eigenvalue weighted by molar-refractivity contribution is 7.98. The first-order valence-corrected chi connectivity index (χ1v) is 7.74. The van der Waals surface area contributed by atoms with Crippen molar-refractivity contribution >= 4 is 23.1 Å². The Morgan fingerprint density at radius 1 is 1.47 bits per heavy atom. The van der Waals surface area contributed by atoms with Crippen LogP contribution in [0, 0.1) is 5.92 Å². The Hall–Kier alpha value is 0.01000. The number of rotatable bonds is 7. The second kappa shape index (κ2) is 7.31. The molecule has 0 amide bonds. The van der Waals surface area contributed by atoms with Crippen LogP contribution in [0.25, 0.3) is 0 Å². The molecule has 0 spiro atoms. The molecule has 86 valence electrons. The van der Waals surface area contributed by atoms with Crippen molar-refractivity contribution in [1.82, 2.24) is 5.32 Å². The van der Waals surface area contributed by atoms with Gasteiger partial charge in [0.1, 0.15) is 0 Å². The Morgan fingerprint density at radius 2 is 2.27 bits per heavy atom. The maximum absolute atomic E-state index is 3.60. The van der Waals surface area contributed by atoms with Gasteiger partial charge in [0.2, 0.25) is 0 Å². The van der Waals surface area contributed by atoms with Crippen LogP contribution in [0.2, 0.25) is 0 Å². The molecule has 0 aliphatic rings. The van der Waals surface area contributed by atoms with Crippen LogP contribution >= 0.6 is 23.1 Å². The Bertz CT molecular complexity index is 246. The van der Waals surface area contributed by atoms with Gasteiger partial charge < -0.3 is 5.32 Å². The van der Waals surface area contributed by atoms with Gasteiger partial charge in [-0.1, -0.05) is 13.0 Å². The van der Waals surface area contributed by atoms with E-state index in [9.17, 15) is 0 Å². The second-order valence-corrected chi connectivity index (χ2v) is 6.10. The summed E-state index contributed by atoms with van der Waals surface area (Å²) in [6, 6.07) is 4.94. The molecule has 15 heavy (non-hydrogen) atoms. The van der Waals surface area contributed by atoms with E-state index in [2.05, 4.69) is 42.9 Å². The zero-order valence-corrected chi connectivity index (χ0v) is 11.5. The molecule has 1 nitrogen and oxygen atoms in total. The van der Waals surface area contributed by atoms with Crippen molar-refractivity contribution in [3.05, 3.63) is 22.4 Å². The van der Waals surface area contributed by atoms with Gasteiger partial charge in [0.05, 0.1) is 0 Å². The molecule has 3 heteroatoms. The van der Waals surface area contributed by atoms with Gasteiger partial charge in [-0.2, -0.15) is 11.8 Å². The second-order valence-electron chi connectivity index (χ2n) is 4.15. The summed E-state index contributed by atoms with van der Waals surface area (Å²) in [7, 11) is 0. The van der Waals surface area contributed by atoms with E-state index in [0.717, 1.165) is 18.9 Å². The van der Waals surface area contributed by atoms with Crippen LogP contribution in [0.15, 0.2) is 17.5 Å². The zero-order chi connectivity index (χ0) is 11.1. The van der Waals surface area contributed by atoms with E-state index in [1.54, 1.807) is 0 Å². The minimum Gasteiger partial charge on any atom is -0.314 e. The lowest BCUT2D eigenvalue weighted by molar-refractivity contribution is 0.488. The van der Waals surface area contributed by atoms with Gasteiger partial charge >= 0.3 is 0 Å². The first-order valence-electron chi connectivity index (χ1n) is 5.47. The Kier molecular flexibility index (Phi) is 6.37. The molecule has 1 aromatic heterocycles. The van der Waals surface area contributed by atoms with Crippen LogP contribution in [0.3, 0.4) is 0 Å². The van der Waals surface area contributed by atoms with Gasteiger partial charge in [0.25, 0.3) is 0 Å². The SMILES string of the molecule is CSCC(C)CNC(C)Cc1cccs1.